The van der Waals surface area contributed by atoms with Gasteiger partial charge in [-0.1, -0.05) is 23.7 Å². The Morgan fingerprint density at radius 3 is 2.28 bits per heavy atom. The van der Waals surface area contributed by atoms with Crippen LogP contribution in [0.4, 0.5) is 0 Å². The summed E-state index contributed by atoms with van der Waals surface area (Å²) in [5, 5.41) is 12.5. The molecule has 1 amide bonds. The van der Waals surface area contributed by atoms with Gasteiger partial charge in [0.25, 0.3) is 0 Å². The van der Waals surface area contributed by atoms with E-state index in [0.717, 1.165) is 36.5 Å². The highest BCUT2D eigenvalue weighted by atomic mass is 35.5. The van der Waals surface area contributed by atoms with Gasteiger partial charge in [0.1, 0.15) is 0 Å². The van der Waals surface area contributed by atoms with Crippen LogP contribution in [0.5, 0.6) is 0 Å². The molecule has 2 aliphatic rings. The first kappa shape index (κ1) is 24.8. The van der Waals surface area contributed by atoms with Crippen LogP contribution in [-0.2, 0) is 14.8 Å². The van der Waals surface area contributed by atoms with Gasteiger partial charge in [0, 0.05) is 43.2 Å². The average Bonchev–Trinajstić information content (AvgIpc) is 2.79. The number of carbonyl (C=O) groups is 1. The van der Waals surface area contributed by atoms with Crippen LogP contribution in [0.1, 0.15) is 25.7 Å². The van der Waals surface area contributed by atoms with Gasteiger partial charge in [-0.3, -0.25) is 10.2 Å². The number of rotatable bonds is 5. The first-order chi connectivity index (χ1) is 14.9. The molecule has 1 saturated heterocycles. The molecule has 32 heavy (non-hydrogen) atoms. The fourth-order valence-corrected chi connectivity index (χ4v) is 6.17. The maximum absolute atomic E-state index is 13.1. The zero-order chi connectivity index (χ0) is 22.0. The van der Waals surface area contributed by atoms with E-state index in [4.69, 9.17) is 17.0 Å². The van der Waals surface area contributed by atoms with E-state index in [1.54, 1.807) is 24.3 Å². The van der Waals surface area contributed by atoms with Crippen LogP contribution in [0.3, 0.4) is 0 Å². The third kappa shape index (κ3) is 5.20. The lowest BCUT2D eigenvalue weighted by molar-refractivity contribution is -0.137. The Morgan fingerprint density at radius 1 is 1.00 bits per heavy atom. The fourth-order valence-electron chi connectivity index (χ4n) is 4.54. The molecule has 1 aliphatic carbocycles. The molecule has 2 aromatic rings. The molecule has 1 aliphatic heterocycles. The predicted octanol–water partition coefficient (Wildman–Crippen LogP) is 3.50. The maximum atomic E-state index is 13.1. The van der Waals surface area contributed by atoms with E-state index in [9.17, 15) is 13.2 Å². The number of benzene rings is 2. The molecule has 2 fully saturated rings. The number of sulfonamides is 1. The highest BCUT2D eigenvalue weighted by Crippen LogP contribution is 2.28. The minimum Gasteiger partial charge on any atom is -0.374 e. The maximum Gasteiger partial charge on any atom is 0.243 e. The quantitative estimate of drug-likeness (QED) is 0.487. The largest absolute Gasteiger partial charge is 0.374 e. The summed E-state index contributed by atoms with van der Waals surface area (Å²) in [7, 11) is -3.62. The second-order valence-corrected chi connectivity index (χ2v) is 10.6. The van der Waals surface area contributed by atoms with Crippen LogP contribution in [0.15, 0.2) is 41.3 Å². The van der Waals surface area contributed by atoms with E-state index in [2.05, 4.69) is 5.32 Å². The van der Waals surface area contributed by atoms with Crippen LogP contribution < -0.4 is 5.32 Å². The monoisotopic (exact) mass is 498 g/mol. The van der Waals surface area contributed by atoms with Gasteiger partial charge in [0.15, 0.2) is 0 Å². The SMILES string of the molecule is Cl.N=CN[C@H]1CC[C@H](C(=O)N2CCN(S(=O)(=O)c3ccc4cc(Cl)ccc4c3)CC2)CC1. The molecule has 2 N–H and O–H groups in total. The summed E-state index contributed by atoms with van der Waals surface area (Å²) in [6.45, 7) is 1.44. The highest BCUT2D eigenvalue weighted by molar-refractivity contribution is 7.89. The van der Waals surface area contributed by atoms with Crippen LogP contribution in [0, 0.1) is 11.3 Å². The number of hydrogen-bond donors (Lipinski definition) is 2. The van der Waals surface area contributed by atoms with Crippen LogP contribution >= 0.6 is 24.0 Å². The molecule has 0 radical (unpaired) electrons. The molecule has 0 bridgehead atoms. The number of hydrogen-bond acceptors (Lipinski definition) is 4. The lowest BCUT2D eigenvalue weighted by atomic mass is 9.85. The normalized spacial score (nSPS) is 22.2. The van der Waals surface area contributed by atoms with Gasteiger partial charge < -0.3 is 10.2 Å². The first-order valence-electron chi connectivity index (χ1n) is 10.6. The van der Waals surface area contributed by atoms with E-state index in [1.807, 2.05) is 17.0 Å². The van der Waals surface area contributed by atoms with Gasteiger partial charge in [-0.15, -0.1) is 12.4 Å². The molecule has 1 heterocycles. The summed E-state index contributed by atoms with van der Waals surface area (Å²) >= 11 is 6.02. The Hall–Kier alpha value is -1.87. The van der Waals surface area contributed by atoms with Gasteiger partial charge >= 0.3 is 0 Å². The second kappa shape index (κ2) is 10.4. The summed E-state index contributed by atoms with van der Waals surface area (Å²) in [5.41, 5.74) is 0. The van der Waals surface area contributed by atoms with Crippen molar-refractivity contribution >= 4 is 57.0 Å². The molecule has 0 spiro atoms. The number of amides is 1. The molecule has 174 valence electrons. The summed E-state index contributed by atoms with van der Waals surface area (Å²) in [6, 6.07) is 10.7. The number of piperazine rings is 1. The van der Waals surface area contributed by atoms with E-state index >= 15 is 0 Å². The Kier molecular flexibility index (Phi) is 8.03. The molecule has 10 heteroatoms. The topological polar surface area (TPSA) is 93.6 Å². The van der Waals surface area contributed by atoms with Crippen molar-refractivity contribution in [1.82, 2.24) is 14.5 Å². The number of halogens is 2. The van der Waals surface area contributed by atoms with E-state index in [0.29, 0.717) is 31.2 Å². The van der Waals surface area contributed by atoms with Crippen molar-refractivity contribution in [1.29, 1.82) is 5.41 Å². The lowest BCUT2D eigenvalue weighted by Crippen LogP contribution is -2.52. The van der Waals surface area contributed by atoms with Crippen molar-refractivity contribution in [2.75, 3.05) is 26.2 Å². The summed E-state index contributed by atoms with van der Waals surface area (Å²) in [6.07, 6.45) is 4.60. The molecule has 1 saturated carbocycles. The van der Waals surface area contributed by atoms with Crippen LogP contribution in [0.25, 0.3) is 10.8 Å². The van der Waals surface area contributed by atoms with Gasteiger partial charge in [0.2, 0.25) is 15.9 Å². The minimum absolute atomic E-state index is 0. The van der Waals surface area contributed by atoms with Crippen molar-refractivity contribution in [2.24, 2.45) is 5.92 Å². The van der Waals surface area contributed by atoms with Gasteiger partial charge in [-0.25, -0.2) is 8.42 Å². The van der Waals surface area contributed by atoms with Gasteiger partial charge in [-0.05, 0) is 60.7 Å². The number of nitrogens with one attached hydrogen (secondary N) is 2. The Labute approximate surface area is 200 Å². The zero-order valence-corrected chi connectivity index (χ0v) is 20.1. The molecule has 4 rings (SSSR count). The van der Waals surface area contributed by atoms with Gasteiger partial charge in [-0.2, -0.15) is 4.31 Å². The van der Waals surface area contributed by atoms with Crippen LogP contribution in [0.2, 0.25) is 5.02 Å². The molecule has 0 aromatic heterocycles. The number of fused-ring (bicyclic) bond motifs is 1. The molecular weight excluding hydrogens is 471 g/mol. The lowest BCUT2D eigenvalue weighted by Gasteiger charge is -2.37. The Morgan fingerprint density at radius 2 is 1.62 bits per heavy atom. The van der Waals surface area contributed by atoms with Crippen LogP contribution in [-0.4, -0.2) is 62.1 Å². The minimum atomic E-state index is -3.62. The van der Waals surface area contributed by atoms with Gasteiger partial charge in [0.05, 0.1) is 11.2 Å². The average molecular weight is 499 g/mol. The first-order valence-corrected chi connectivity index (χ1v) is 12.4. The number of carbonyl (C=O) groups excluding carboxylic acids is 1. The third-order valence-corrected chi connectivity index (χ3v) is 8.49. The van der Waals surface area contributed by atoms with Crippen molar-refractivity contribution < 1.29 is 13.2 Å². The zero-order valence-electron chi connectivity index (χ0n) is 17.7. The Bertz CT molecular complexity index is 1080. The van der Waals surface area contributed by atoms with Crippen molar-refractivity contribution in [3.63, 3.8) is 0 Å². The van der Waals surface area contributed by atoms with Crippen molar-refractivity contribution in [3.05, 3.63) is 41.4 Å². The van der Waals surface area contributed by atoms with Crippen molar-refractivity contribution in [2.45, 2.75) is 36.6 Å². The van der Waals surface area contributed by atoms with E-state index < -0.39 is 10.0 Å². The molecular formula is C22H28Cl2N4O3S. The second-order valence-electron chi connectivity index (χ2n) is 8.24. The van der Waals surface area contributed by atoms with E-state index in [1.165, 1.54) is 10.6 Å². The summed E-state index contributed by atoms with van der Waals surface area (Å²) < 4.78 is 27.8. The van der Waals surface area contributed by atoms with Crippen molar-refractivity contribution in [3.8, 4) is 0 Å². The predicted molar refractivity (Wildman–Crippen MR) is 129 cm³/mol. The number of nitrogens with zero attached hydrogens (tertiary/aromatic N) is 2. The third-order valence-electron chi connectivity index (χ3n) is 6.36. The smallest absolute Gasteiger partial charge is 0.243 e. The molecule has 7 nitrogen and oxygen atoms in total. The fraction of sp³-hybridized carbons (Fsp3) is 0.455. The summed E-state index contributed by atoms with van der Waals surface area (Å²) in [5.74, 6) is 0.132. The molecule has 0 unspecified atom stereocenters. The Balaban J connectivity index is 0.00000289. The summed E-state index contributed by atoms with van der Waals surface area (Å²) in [4.78, 5) is 15.0. The highest BCUT2D eigenvalue weighted by Gasteiger charge is 2.34. The van der Waals surface area contributed by atoms with E-state index in [-0.39, 0.29) is 35.2 Å². The molecule has 2 aromatic carbocycles. The standard InChI is InChI=1S/C22H27ClN4O3S.ClH/c23-19-5-1-18-14-21(8-4-17(18)13-19)31(29,30)27-11-9-26(10-12-27)22(28)16-2-6-20(7-3-16)25-15-24;/h1,4-5,8,13-16,20H,2-3,6-7,9-12H2,(H2,24,25);1H/t16-,20-;. The molecule has 0 atom stereocenters.